The van der Waals surface area contributed by atoms with Gasteiger partial charge in [-0.3, -0.25) is 0 Å². The van der Waals surface area contributed by atoms with E-state index in [9.17, 15) is 4.39 Å². The van der Waals surface area contributed by atoms with Gasteiger partial charge in [0.25, 0.3) is 0 Å². The summed E-state index contributed by atoms with van der Waals surface area (Å²) in [5, 5.41) is 8.85. The van der Waals surface area contributed by atoms with Crippen molar-refractivity contribution < 1.29 is 13.9 Å². The number of aryl methyl sites for hydroxylation is 1. The van der Waals surface area contributed by atoms with Crippen molar-refractivity contribution in [2.75, 3.05) is 0 Å². The highest BCUT2D eigenvalue weighted by molar-refractivity contribution is 5.62. The lowest BCUT2D eigenvalue weighted by Crippen LogP contribution is -1.83. The number of furan rings is 1. The van der Waals surface area contributed by atoms with Crippen LogP contribution in [0.5, 0.6) is 0 Å². The molecule has 3 heteroatoms. The van der Waals surface area contributed by atoms with E-state index in [-0.39, 0.29) is 12.4 Å². The van der Waals surface area contributed by atoms with Crippen LogP contribution in [0.2, 0.25) is 0 Å². The van der Waals surface area contributed by atoms with Crippen LogP contribution in [0.25, 0.3) is 11.3 Å². The van der Waals surface area contributed by atoms with Gasteiger partial charge in [0.05, 0.1) is 0 Å². The van der Waals surface area contributed by atoms with Crippen LogP contribution in [0.15, 0.2) is 34.7 Å². The molecule has 0 saturated carbocycles. The van der Waals surface area contributed by atoms with Gasteiger partial charge in [-0.05, 0) is 36.8 Å². The minimum Gasteiger partial charge on any atom is -0.459 e. The largest absolute Gasteiger partial charge is 0.459 e. The Morgan fingerprint density at radius 2 is 2.07 bits per heavy atom. The second-order valence-electron chi connectivity index (χ2n) is 3.38. The van der Waals surface area contributed by atoms with Crippen molar-refractivity contribution in [2.24, 2.45) is 0 Å². The van der Waals surface area contributed by atoms with Crippen LogP contribution in [0.1, 0.15) is 11.3 Å². The fourth-order valence-corrected chi connectivity index (χ4v) is 1.47. The maximum Gasteiger partial charge on any atom is 0.134 e. The third-order valence-electron chi connectivity index (χ3n) is 2.28. The SMILES string of the molecule is Cc1ccc(F)cc1-c1ccc(CO)o1. The second-order valence-corrected chi connectivity index (χ2v) is 3.38. The lowest BCUT2D eigenvalue weighted by atomic mass is 10.1. The van der Waals surface area contributed by atoms with Gasteiger partial charge in [0.1, 0.15) is 23.9 Å². The number of benzene rings is 1. The first-order valence-corrected chi connectivity index (χ1v) is 4.67. The van der Waals surface area contributed by atoms with Crippen LogP contribution in [-0.2, 0) is 6.61 Å². The van der Waals surface area contributed by atoms with Crippen molar-refractivity contribution in [3.8, 4) is 11.3 Å². The lowest BCUT2D eigenvalue weighted by Gasteiger charge is -2.02. The van der Waals surface area contributed by atoms with Crippen LogP contribution < -0.4 is 0 Å². The second kappa shape index (κ2) is 3.87. The Hall–Kier alpha value is -1.61. The molecule has 0 spiro atoms. The smallest absolute Gasteiger partial charge is 0.134 e. The van der Waals surface area contributed by atoms with Gasteiger partial charge < -0.3 is 9.52 Å². The molecule has 1 heterocycles. The van der Waals surface area contributed by atoms with Crippen molar-refractivity contribution in [1.82, 2.24) is 0 Å². The quantitative estimate of drug-likeness (QED) is 0.819. The van der Waals surface area contributed by atoms with Gasteiger partial charge in [-0.15, -0.1) is 0 Å². The van der Waals surface area contributed by atoms with E-state index in [0.29, 0.717) is 11.5 Å². The molecule has 1 N–H and O–H groups in total. The zero-order valence-corrected chi connectivity index (χ0v) is 8.33. The fourth-order valence-electron chi connectivity index (χ4n) is 1.47. The van der Waals surface area contributed by atoms with E-state index in [4.69, 9.17) is 9.52 Å². The van der Waals surface area contributed by atoms with Crippen LogP contribution in [0, 0.1) is 12.7 Å². The zero-order valence-electron chi connectivity index (χ0n) is 8.33. The van der Waals surface area contributed by atoms with Crippen molar-refractivity contribution in [1.29, 1.82) is 0 Å². The van der Waals surface area contributed by atoms with E-state index in [2.05, 4.69) is 0 Å². The molecule has 0 aliphatic rings. The van der Waals surface area contributed by atoms with E-state index in [1.165, 1.54) is 12.1 Å². The highest BCUT2D eigenvalue weighted by Crippen LogP contribution is 2.26. The van der Waals surface area contributed by atoms with Gasteiger partial charge in [-0.1, -0.05) is 6.07 Å². The van der Waals surface area contributed by atoms with Gasteiger partial charge in [0.15, 0.2) is 0 Å². The maximum atomic E-state index is 13.0. The highest BCUT2D eigenvalue weighted by atomic mass is 19.1. The van der Waals surface area contributed by atoms with E-state index in [0.717, 1.165) is 11.1 Å². The van der Waals surface area contributed by atoms with Gasteiger partial charge in [0.2, 0.25) is 0 Å². The molecule has 0 radical (unpaired) electrons. The number of aliphatic hydroxyl groups is 1. The van der Waals surface area contributed by atoms with Crippen LogP contribution in [0.4, 0.5) is 4.39 Å². The van der Waals surface area contributed by atoms with Crippen molar-refractivity contribution in [3.05, 3.63) is 47.5 Å². The Balaban J connectivity index is 2.48. The summed E-state index contributed by atoms with van der Waals surface area (Å²) >= 11 is 0. The monoisotopic (exact) mass is 206 g/mol. The predicted octanol–water partition coefficient (Wildman–Crippen LogP) is 2.89. The Morgan fingerprint density at radius 3 is 2.73 bits per heavy atom. The molecule has 1 aromatic carbocycles. The average Bonchev–Trinajstić information content (AvgIpc) is 2.70. The molecule has 2 aromatic rings. The third-order valence-corrected chi connectivity index (χ3v) is 2.28. The molecule has 0 aliphatic heterocycles. The van der Waals surface area contributed by atoms with Crippen molar-refractivity contribution in [3.63, 3.8) is 0 Å². The molecule has 0 amide bonds. The first-order chi connectivity index (χ1) is 7.20. The summed E-state index contributed by atoms with van der Waals surface area (Å²) in [6.45, 7) is 1.74. The van der Waals surface area contributed by atoms with Crippen LogP contribution in [-0.4, -0.2) is 5.11 Å². The van der Waals surface area contributed by atoms with Gasteiger partial charge in [-0.25, -0.2) is 4.39 Å². The molecule has 78 valence electrons. The minimum atomic E-state index is -0.294. The van der Waals surface area contributed by atoms with Crippen molar-refractivity contribution >= 4 is 0 Å². The molecule has 0 fully saturated rings. The Kier molecular flexibility index (Phi) is 2.56. The van der Waals surface area contributed by atoms with Gasteiger partial charge in [0, 0.05) is 5.56 Å². The summed E-state index contributed by atoms with van der Waals surface area (Å²) in [5.74, 6) is 0.766. The molecular weight excluding hydrogens is 195 g/mol. The molecule has 2 nitrogen and oxygen atoms in total. The minimum absolute atomic E-state index is 0.144. The summed E-state index contributed by atoms with van der Waals surface area (Å²) in [5.41, 5.74) is 1.66. The van der Waals surface area contributed by atoms with E-state index in [1.807, 2.05) is 6.92 Å². The Bertz CT molecular complexity index is 474. The van der Waals surface area contributed by atoms with Gasteiger partial charge in [-0.2, -0.15) is 0 Å². The predicted molar refractivity (Wildman–Crippen MR) is 54.8 cm³/mol. The summed E-state index contributed by atoms with van der Waals surface area (Å²) in [6, 6.07) is 7.95. The standard InChI is InChI=1S/C12H11FO2/c1-8-2-3-9(13)6-11(8)12-5-4-10(7-14)15-12/h2-6,14H,7H2,1H3. The molecule has 0 atom stereocenters. The molecule has 15 heavy (non-hydrogen) atoms. The number of rotatable bonds is 2. The Labute approximate surface area is 87.0 Å². The molecule has 0 saturated heterocycles. The molecule has 2 rings (SSSR count). The molecular formula is C12H11FO2. The topological polar surface area (TPSA) is 33.4 Å². The first kappa shape index (κ1) is 9.93. The number of hydrogen-bond donors (Lipinski definition) is 1. The molecule has 0 unspecified atom stereocenters. The summed E-state index contributed by atoms with van der Waals surface area (Å²) in [7, 11) is 0. The zero-order chi connectivity index (χ0) is 10.8. The summed E-state index contributed by atoms with van der Waals surface area (Å²) in [6.07, 6.45) is 0. The molecule has 0 aliphatic carbocycles. The maximum absolute atomic E-state index is 13.0. The Morgan fingerprint density at radius 1 is 1.27 bits per heavy atom. The first-order valence-electron chi connectivity index (χ1n) is 4.67. The number of hydrogen-bond acceptors (Lipinski definition) is 2. The van der Waals surface area contributed by atoms with E-state index < -0.39 is 0 Å². The van der Waals surface area contributed by atoms with Crippen molar-refractivity contribution in [2.45, 2.75) is 13.5 Å². The average molecular weight is 206 g/mol. The van der Waals surface area contributed by atoms with E-state index >= 15 is 0 Å². The van der Waals surface area contributed by atoms with Crippen LogP contribution in [0.3, 0.4) is 0 Å². The highest BCUT2D eigenvalue weighted by Gasteiger charge is 2.07. The lowest BCUT2D eigenvalue weighted by molar-refractivity contribution is 0.248. The number of aliphatic hydroxyl groups excluding tert-OH is 1. The van der Waals surface area contributed by atoms with E-state index in [1.54, 1.807) is 18.2 Å². The third kappa shape index (κ3) is 1.92. The summed E-state index contributed by atoms with van der Waals surface area (Å²) in [4.78, 5) is 0. The van der Waals surface area contributed by atoms with Crippen LogP contribution >= 0.6 is 0 Å². The van der Waals surface area contributed by atoms with Gasteiger partial charge >= 0.3 is 0 Å². The number of halogens is 1. The molecule has 1 aromatic heterocycles. The fraction of sp³-hybridized carbons (Fsp3) is 0.167. The normalized spacial score (nSPS) is 10.6. The molecule has 0 bridgehead atoms. The summed E-state index contributed by atoms with van der Waals surface area (Å²) < 4.78 is 18.4.